The number of aliphatic hydroxyl groups is 1. The van der Waals surface area contributed by atoms with Crippen LogP contribution >= 0.6 is 11.6 Å². The number of hydrogen-bond acceptors (Lipinski definition) is 9. The first-order valence-electron chi connectivity index (χ1n) is 14.4. The number of likely N-dealkylation sites (tertiary alicyclic amines) is 1. The van der Waals surface area contributed by atoms with E-state index in [2.05, 4.69) is 28.9 Å². The lowest BCUT2D eigenvalue weighted by molar-refractivity contribution is 0.108. The summed E-state index contributed by atoms with van der Waals surface area (Å²) in [5.74, 6) is 2.57. The van der Waals surface area contributed by atoms with Gasteiger partial charge in [0.2, 0.25) is 0 Å². The molecule has 4 rings (SSSR count). The molecule has 1 aliphatic rings. The van der Waals surface area contributed by atoms with E-state index >= 15 is 0 Å². The summed E-state index contributed by atoms with van der Waals surface area (Å²) in [7, 11) is 1.79. The molecule has 3 heterocycles. The number of aliphatic hydroxyl groups excluding tert-OH is 1. The van der Waals surface area contributed by atoms with Gasteiger partial charge in [-0.25, -0.2) is 9.97 Å². The van der Waals surface area contributed by atoms with Crippen LogP contribution in [0.25, 0.3) is 22.6 Å². The molecule has 2 N–H and O–H groups in total. The molecule has 3 aromatic rings. The van der Waals surface area contributed by atoms with Gasteiger partial charge < -0.3 is 29.3 Å². The maximum atomic E-state index is 10.1. The van der Waals surface area contributed by atoms with E-state index in [0.29, 0.717) is 47.1 Å². The number of likely N-dealkylation sites (N-methyl/N-ethyl adjacent to an activating group) is 1. The fraction of sp³-hybridized carbons (Fsp3) is 0.516. The summed E-state index contributed by atoms with van der Waals surface area (Å²) < 4.78 is 17.1. The van der Waals surface area contributed by atoms with Gasteiger partial charge in [-0.05, 0) is 97.2 Å². The summed E-state index contributed by atoms with van der Waals surface area (Å²) in [6.45, 7) is 14.2. The van der Waals surface area contributed by atoms with E-state index in [4.69, 9.17) is 35.6 Å². The summed E-state index contributed by atoms with van der Waals surface area (Å²) in [5, 5.41) is 17.7. The maximum absolute atomic E-state index is 10.1. The average Bonchev–Trinajstić information content (AvgIpc) is 3.55. The first-order chi connectivity index (χ1) is 19.7. The molecule has 41 heavy (non-hydrogen) atoms. The second-order valence-electron chi connectivity index (χ2n) is 10.5. The molecule has 0 bridgehead atoms. The number of nitrogens with one attached hydrogen (secondary N) is 1. The van der Waals surface area contributed by atoms with Crippen molar-refractivity contribution in [1.82, 2.24) is 25.3 Å². The Hall–Kier alpha value is -3.14. The highest BCUT2D eigenvalue weighted by atomic mass is 35.5. The number of rotatable bonds is 14. The van der Waals surface area contributed by atoms with Gasteiger partial charge in [-0.1, -0.05) is 16.8 Å². The van der Waals surface area contributed by atoms with Crippen molar-refractivity contribution >= 4 is 11.6 Å². The molecule has 0 aliphatic carbocycles. The van der Waals surface area contributed by atoms with Gasteiger partial charge in [0.25, 0.3) is 0 Å². The number of hydrogen-bond donors (Lipinski definition) is 2. The lowest BCUT2D eigenvalue weighted by Crippen LogP contribution is -2.29. The molecule has 1 saturated heterocycles. The monoisotopic (exact) mass is 583 g/mol. The molecule has 1 aromatic carbocycles. The molecule has 10 heteroatoms. The molecule has 2 atom stereocenters. The standard InChI is InChI=1S/C31H42ClN5O4/c1-7-39-22(5)37-15-9-11-23(37)10-8-12-28-19(2)30(29-20(3)36-41-21(29)4)35-31(34-28)26-16-25(13-14-27(26)32)40-18-24(38)17-33-6/h13-14,16,23-24,33,38H,5,7-12,15,17-18H2,1-4,6H3/t23-,24-/m1/s1. The van der Waals surface area contributed by atoms with E-state index in [-0.39, 0.29) is 6.61 Å². The van der Waals surface area contributed by atoms with Crippen molar-refractivity contribution < 1.29 is 19.1 Å². The molecule has 1 aliphatic heterocycles. The third-order valence-corrected chi connectivity index (χ3v) is 7.87. The van der Waals surface area contributed by atoms with Gasteiger partial charge in [-0.2, -0.15) is 0 Å². The summed E-state index contributed by atoms with van der Waals surface area (Å²) in [5.41, 5.74) is 5.07. The van der Waals surface area contributed by atoms with Crippen LogP contribution in [0.15, 0.2) is 35.2 Å². The van der Waals surface area contributed by atoms with Crippen LogP contribution in [-0.2, 0) is 11.2 Å². The minimum atomic E-state index is -0.631. The van der Waals surface area contributed by atoms with E-state index in [1.165, 1.54) is 0 Å². The largest absolute Gasteiger partial charge is 0.491 e. The molecular weight excluding hydrogens is 542 g/mol. The highest BCUT2D eigenvalue weighted by Gasteiger charge is 2.26. The minimum absolute atomic E-state index is 0.153. The van der Waals surface area contributed by atoms with E-state index < -0.39 is 6.10 Å². The van der Waals surface area contributed by atoms with Crippen LogP contribution in [0.5, 0.6) is 5.75 Å². The molecule has 9 nitrogen and oxygen atoms in total. The molecular formula is C31H42ClN5O4. The SMILES string of the molecule is C=C(OCC)N1CCC[C@H]1CCCc1nc(-c2cc(OC[C@H](O)CNC)ccc2Cl)nc(-c2c(C)noc2C)c1C. The summed E-state index contributed by atoms with van der Waals surface area (Å²) in [6.07, 6.45) is 4.41. The zero-order chi connectivity index (χ0) is 29.5. The molecule has 0 spiro atoms. The smallest absolute Gasteiger partial charge is 0.181 e. The van der Waals surface area contributed by atoms with Gasteiger partial charge in [0.05, 0.1) is 28.6 Å². The Balaban J connectivity index is 1.64. The van der Waals surface area contributed by atoms with E-state index in [1.54, 1.807) is 19.2 Å². The van der Waals surface area contributed by atoms with Crippen molar-refractivity contribution in [2.45, 2.75) is 71.9 Å². The highest BCUT2D eigenvalue weighted by Crippen LogP contribution is 2.35. The first-order valence-corrected chi connectivity index (χ1v) is 14.8. The van der Waals surface area contributed by atoms with Gasteiger partial charge >= 0.3 is 0 Å². The highest BCUT2D eigenvalue weighted by molar-refractivity contribution is 6.33. The fourth-order valence-electron chi connectivity index (χ4n) is 5.46. The van der Waals surface area contributed by atoms with Crippen molar-refractivity contribution in [3.05, 3.63) is 58.4 Å². The predicted octanol–water partition coefficient (Wildman–Crippen LogP) is 5.63. The van der Waals surface area contributed by atoms with Crippen LogP contribution in [0, 0.1) is 20.8 Å². The molecule has 0 amide bonds. The Labute approximate surface area is 247 Å². The summed E-state index contributed by atoms with van der Waals surface area (Å²) in [6, 6.07) is 5.80. The predicted molar refractivity (Wildman–Crippen MR) is 161 cm³/mol. The van der Waals surface area contributed by atoms with E-state index in [0.717, 1.165) is 72.7 Å². The molecule has 222 valence electrons. The quantitative estimate of drug-likeness (QED) is 0.233. The zero-order valence-corrected chi connectivity index (χ0v) is 25.6. The summed E-state index contributed by atoms with van der Waals surface area (Å²) in [4.78, 5) is 12.3. The van der Waals surface area contributed by atoms with Crippen LogP contribution in [0.2, 0.25) is 5.02 Å². The normalized spacial score (nSPS) is 15.8. The topological polar surface area (TPSA) is 106 Å². The molecule has 0 unspecified atom stereocenters. The number of nitrogens with zero attached hydrogens (tertiary/aromatic N) is 4. The molecule has 0 saturated carbocycles. The van der Waals surface area contributed by atoms with Crippen LogP contribution in [0.3, 0.4) is 0 Å². The van der Waals surface area contributed by atoms with Gasteiger partial charge in [-0.15, -0.1) is 0 Å². The van der Waals surface area contributed by atoms with Crippen LogP contribution in [0.1, 0.15) is 55.3 Å². The fourth-order valence-corrected chi connectivity index (χ4v) is 5.66. The van der Waals surface area contributed by atoms with Crippen molar-refractivity contribution in [3.63, 3.8) is 0 Å². The third-order valence-electron chi connectivity index (χ3n) is 7.54. The van der Waals surface area contributed by atoms with Crippen molar-refractivity contribution in [2.75, 3.05) is 33.4 Å². The Morgan fingerprint density at radius 3 is 2.80 bits per heavy atom. The van der Waals surface area contributed by atoms with Crippen molar-refractivity contribution in [2.24, 2.45) is 0 Å². The second kappa shape index (κ2) is 14.2. The third kappa shape index (κ3) is 7.39. The Bertz CT molecular complexity index is 1320. The number of benzene rings is 1. The van der Waals surface area contributed by atoms with Gasteiger partial charge in [0.1, 0.15) is 24.2 Å². The Kier molecular flexibility index (Phi) is 10.6. The van der Waals surface area contributed by atoms with Crippen LogP contribution < -0.4 is 10.1 Å². The van der Waals surface area contributed by atoms with Crippen molar-refractivity contribution in [1.29, 1.82) is 0 Å². The van der Waals surface area contributed by atoms with Crippen LogP contribution in [0.4, 0.5) is 0 Å². The number of halogens is 1. The summed E-state index contributed by atoms with van der Waals surface area (Å²) >= 11 is 6.69. The molecule has 1 fully saturated rings. The van der Waals surface area contributed by atoms with Crippen molar-refractivity contribution in [3.8, 4) is 28.4 Å². The van der Waals surface area contributed by atoms with Gasteiger partial charge in [-0.3, -0.25) is 0 Å². The lowest BCUT2D eigenvalue weighted by atomic mass is 9.99. The lowest BCUT2D eigenvalue weighted by Gasteiger charge is -2.28. The molecule has 2 aromatic heterocycles. The maximum Gasteiger partial charge on any atom is 0.181 e. The van der Waals surface area contributed by atoms with E-state index in [1.807, 2.05) is 26.8 Å². The minimum Gasteiger partial charge on any atom is -0.491 e. The first kappa shape index (κ1) is 30.8. The zero-order valence-electron chi connectivity index (χ0n) is 24.8. The van der Waals surface area contributed by atoms with E-state index in [9.17, 15) is 5.11 Å². The second-order valence-corrected chi connectivity index (χ2v) is 10.9. The average molecular weight is 584 g/mol. The van der Waals surface area contributed by atoms with Gasteiger partial charge in [0, 0.05) is 30.4 Å². The number of aryl methyl sites for hydroxylation is 3. The number of ether oxygens (including phenoxy) is 2. The van der Waals surface area contributed by atoms with Gasteiger partial charge in [0.15, 0.2) is 11.7 Å². The number of aromatic nitrogens is 3. The Morgan fingerprint density at radius 2 is 2.10 bits per heavy atom. The molecule has 0 radical (unpaired) electrons. The Morgan fingerprint density at radius 1 is 1.29 bits per heavy atom. The van der Waals surface area contributed by atoms with Crippen LogP contribution in [-0.4, -0.2) is 70.6 Å².